The second-order valence-electron chi connectivity index (χ2n) is 3.83. The molecule has 0 aromatic heterocycles. The zero-order valence-corrected chi connectivity index (χ0v) is 10.6. The highest BCUT2D eigenvalue weighted by Crippen LogP contribution is 2.19. The van der Waals surface area contributed by atoms with Crippen LogP contribution in [0.5, 0.6) is 0 Å². The molecule has 1 aromatic rings. The summed E-state index contributed by atoms with van der Waals surface area (Å²) < 4.78 is 31.5. The molecule has 1 saturated heterocycles. The maximum absolute atomic E-state index is 12.5. The first-order chi connectivity index (χ1) is 8.66. The molecule has 18 heavy (non-hydrogen) atoms. The number of rotatable bonds is 3. The van der Waals surface area contributed by atoms with Crippen molar-refractivity contribution in [1.29, 1.82) is 0 Å². The molecule has 0 atom stereocenters. The molecule has 0 bridgehead atoms. The van der Waals surface area contributed by atoms with Crippen LogP contribution >= 0.6 is 0 Å². The van der Waals surface area contributed by atoms with Crippen LogP contribution in [0.1, 0.15) is 5.56 Å². The van der Waals surface area contributed by atoms with Gasteiger partial charge in [-0.05, 0) is 6.07 Å². The van der Waals surface area contributed by atoms with Gasteiger partial charge in [0.05, 0.1) is 24.3 Å². The lowest BCUT2D eigenvalue weighted by Gasteiger charge is -2.26. The van der Waals surface area contributed by atoms with Crippen molar-refractivity contribution >= 4 is 16.2 Å². The summed E-state index contributed by atoms with van der Waals surface area (Å²) >= 11 is 0. The number of nitrogens with two attached hydrogens (primary N) is 1. The van der Waals surface area contributed by atoms with E-state index in [9.17, 15) is 8.42 Å². The molecule has 0 aliphatic carbocycles. The van der Waals surface area contributed by atoms with Crippen LogP contribution in [-0.4, -0.2) is 45.2 Å². The molecule has 6 nitrogen and oxygen atoms in total. The van der Waals surface area contributed by atoms with E-state index in [4.69, 9.17) is 10.6 Å². The van der Waals surface area contributed by atoms with Crippen LogP contribution < -0.4 is 5.84 Å². The van der Waals surface area contributed by atoms with Crippen molar-refractivity contribution in [3.05, 3.63) is 29.8 Å². The van der Waals surface area contributed by atoms with Crippen molar-refractivity contribution in [1.82, 2.24) is 4.31 Å². The van der Waals surface area contributed by atoms with Crippen LogP contribution in [0.3, 0.4) is 0 Å². The van der Waals surface area contributed by atoms with Crippen molar-refractivity contribution in [2.24, 2.45) is 10.9 Å². The topological polar surface area (TPSA) is 85.0 Å². The average Bonchev–Trinajstić information content (AvgIpc) is 2.41. The van der Waals surface area contributed by atoms with Gasteiger partial charge in [0, 0.05) is 18.7 Å². The first kappa shape index (κ1) is 13.0. The summed E-state index contributed by atoms with van der Waals surface area (Å²) in [4.78, 5) is 0.223. The van der Waals surface area contributed by atoms with E-state index in [1.807, 2.05) is 0 Å². The molecular weight excluding hydrogens is 254 g/mol. The fourth-order valence-corrected chi connectivity index (χ4v) is 3.41. The second-order valence-corrected chi connectivity index (χ2v) is 5.74. The first-order valence-corrected chi connectivity index (χ1v) is 7.00. The van der Waals surface area contributed by atoms with Gasteiger partial charge in [0.1, 0.15) is 0 Å². The molecule has 0 radical (unpaired) electrons. The predicted molar refractivity (Wildman–Crippen MR) is 67.8 cm³/mol. The molecule has 98 valence electrons. The van der Waals surface area contributed by atoms with Crippen LogP contribution in [-0.2, 0) is 14.8 Å². The minimum Gasteiger partial charge on any atom is -0.379 e. The lowest BCUT2D eigenvalue weighted by Crippen LogP contribution is -2.40. The van der Waals surface area contributed by atoms with Gasteiger partial charge in [-0.2, -0.15) is 9.41 Å². The monoisotopic (exact) mass is 269 g/mol. The number of morpholine rings is 1. The smallest absolute Gasteiger partial charge is 0.243 e. The van der Waals surface area contributed by atoms with E-state index in [1.54, 1.807) is 24.3 Å². The van der Waals surface area contributed by atoms with Gasteiger partial charge < -0.3 is 10.6 Å². The van der Waals surface area contributed by atoms with Gasteiger partial charge in [0.2, 0.25) is 10.0 Å². The van der Waals surface area contributed by atoms with Gasteiger partial charge in [0.25, 0.3) is 0 Å². The molecule has 0 unspecified atom stereocenters. The Bertz CT molecular complexity index is 536. The Hall–Kier alpha value is -1.44. The van der Waals surface area contributed by atoms with E-state index in [0.717, 1.165) is 0 Å². The Balaban J connectivity index is 2.40. The number of sulfonamides is 1. The third-order valence-corrected chi connectivity index (χ3v) is 4.69. The number of benzene rings is 1. The highest BCUT2D eigenvalue weighted by atomic mass is 32.2. The maximum Gasteiger partial charge on any atom is 0.243 e. The standard InChI is InChI=1S/C11H15N3O3S/c12-13-9-10-3-1-2-4-11(10)18(15,16)14-5-7-17-8-6-14/h1-4,9H,5-8,12H2. The molecule has 1 aromatic carbocycles. The lowest BCUT2D eigenvalue weighted by atomic mass is 10.2. The number of nitrogens with zero attached hydrogens (tertiary/aromatic N) is 2. The molecule has 0 spiro atoms. The van der Waals surface area contributed by atoms with E-state index < -0.39 is 10.0 Å². The normalized spacial score (nSPS) is 18.2. The molecular formula is C11H15N3O3S. The Labute approximate surface area is 106 Å². The fraction of sp³-hybridized carbons (Fsp3) is 0.364. The molecule has 0 amide bonds. The van der Waals surface area contributed by atoms with E-state index >= 15 is 0 Å². The molecule has 1 aliphatic heterocycles. The minimum absolute atomic E-state index is 0.223. The van der Waals surface area contributed by atoms with Crippen LogP contribution in [0.2, 0.25) is 0 Å². The number of hydrogen-bond donors (Lipinski definition) is 1. The summed E-state index contributed by atoms with van der Waals surface area (Å²) in [7, 11) is -3.51. The largest absolute Gasteiger partial charge is 0.379 e. The number of hydrogen-bond acceptors (Lipinski definition) is 5. The summed E-state index contributed by atoms with van der Waals surface area (Å²) in [5.41, 5.74) is 0.492. The average molecular weight is 269 g/mol. The molecule has 1 heterocycles. The van der Waals surface area contributed by atoms with Crippen LogP contribution in [0.15, 0.2) is 34.3 Å². The quantitative estimate of drug-likeness (QED) is 0.475. The van der Waals surface area contributed by atoms with Crippen LogP contribution in [0.4, 0.5) is 0 Å². The SMILES string of the molecule is NN=Cc1ccccc1S(=O)(=O)N1CCOCC1. The maximum atomic E-state index is 12.5. The van der Waals surface area contributed by atoms with Gasteiger partial charge in [0.15, 0.2) is 0 Å². The number of ether oxygens (including phenoxy) is 1. The Morgan fingerprint density at radius 1 is 1.28 bits per heavy atom. The predicted octanol–water partition coefficient (Wildman–Crippen LogP) is 0.0001000. The molecule has 2 N–H and O–H groups in total. The highest BCUT2D eigenvalue weighted by molar-refractivity contribution is 7.89. The van der Waals surface area contributed by atoms with Crippen molar-refractivity contribution < 1.29 is 13.2 Å². The zero-order valence-electron chi connectivity index (χ0n) is 9.82. The van der Waals surface area contributed by atoms with E-state index in [1.165, 1.54) is 10.5 Å². The van der Waals surface area contributed by atoms with Gasteiger partial charge in [-0.3, -0.25) is 0 Å². The number of hydrazone groups is 1. The van der Waals surface area contributed by atoms with Gasteiger partial charge in [-0.25, -0.2) is 8.42 Å². The van der Waals surface area contributed by atoms with Gasteiger partial charge in [-0.15, -0.1) is 0 Å². The summed E-state index contributed by atoms with van der Waals surface area (Å²) in [5.74, 6) is 5.09. The van der Waals surface area contributed by atoms with Crippen molar-refractivity contribution in [3.63, 3.8) is 0 Å². The summed E-state index contributed by atoms with van der Waals surface area (Å²) in [6.45, 7) is 1.59. The Morgan fingerprint density at radius 2 is 1.94 bits per heavy atom. The van der Waals surface area contributed by atoms with Crippen molar-refractivity contribution in [2.45, 2.75) is 4.90 Å². The highest BCUT2D eigenvalue weighted by Gasteiger charge is 2.27. The van der Waals surface area contributed by atoms with Crippen molar-refractivity contribution in [3.8, 4) is 0 Å². The molecule has 7 heteroatoms. The fourth-order valence-electron chi connectivity index (χ4n) is 1.83. The summed E-state index contributed by atoms with van der Waals surface area (Å²) in [6, 6.07) is 6.65. The summed E-state index contributed by atoms with van der Waals surface area (Å²) in [5, 5.41) is 3.39. The minimum atomic E-state index is -3.51. The third kappa shape index (κ3) is 2.53. The molecule has 0 saturated carbocycles. The lowest BCUT2D eigenvalue weighted by molar-refractivity contribution is 0.0730. The Kier molecular flexibility index (Phi) is 3.95. The van der Waals surface area contributed by atoms with E-state index in [0.29, 0.717) is 31.9 Å². The van der Waals surface area contributed by atoms with Crippen molar-refractivity contribution in [2.75, 3.05) is 26.3 Å². The second kappa shape index (κ2) is 5.47. The van der Waals surface area contributed by atoms with E-state index in [-0.39, 0.29) is 4.90 Å². The van der Waals surface area contributed by atoms with Crippen LogP contribution in [0, 0.1) is 0 Å². The molecule has 1 fully saturated rings. The van der Waals surface area contributed by atoms with Gasteiger partial charge in [-0.1, -0.05) is 18.2 Å². The zero-order chi connectivity index (χ0) is 13.0. The summed E-state index contributed by atoms with van der Waals surface area (Å²) in [6.07, 6.45) is 1.34. The van der Waals surface area contributed by atoms with E-state index in [2.05, 4.69) is 5.10 Å². The first-order valence-electron chi connectivity index (χ1n) is 5.56. The third-order valence-electron chi connectivity index (χ3n) is 2.72. The molecule has 1 aliphatic rings. The van der Waals surface area contributed by atoms with Crippen LogP contribution in [0.25, 0.3) is 0 Å². The Morgan fingerprint density at radius 3 is 2.61 bits per heavy atom. The van der Waals surface area contributed by atoms with Gasteiger partial charge >= 0.3 is 0 Å². The molecule has 2 rings (SSSR count).